The summed E-state index contributed by atoms with van der Waals surface area (Å²) in [6.45, 7) is 1.89. The number of benzene rings is 1. The minimum atomic E-state index is -4.32. The van der Waals surface area contributed by atoms with E-state index in [4.69, 9.17) is 0 Å². The Balaban J connectivity index is 0.00000176. The Morgan fingerprint density at radius 2 is 1.64 bits per heavy atom. The van der Waals surface area contributed by atoms with Gasteiger partial charge in [0.1, 0.15) is 5.82 Å². The van der Waals surface area contributed by atoms with Crippen molar-refractivity contribution in [2.24, 2.45) is 0 Å². The van der Waals surface area contributed by atoms with E-state index in [0.717, 1.165) is 43.9 Å². The molecule has 0 aliphatic carbocycles. The van der Waals surface area contributed by atoms with Crippen molar-refractivity contribution in [3.05, 3.63) is 35.7 Å². The van der Waals surface area contributed by atoms with Gasteiger partial charge >= 0.3 is 6.18 Å². The molecule has 1 aliphatic heterocycles. The summed E-state index contributed by atoms with van der Waals surface area (Å²) in [6, 6.07) is 4.94. The van der Waals surface area contributed by atoms with Crippen molar-refractivity contribution in [3.63, 3.8) is 0 Å². The Hall–Kier alpha value is -1.60. The maximum atomic E-state index is 12.5. The third-order valence-corrected chi connectivity index (χ3v) is 3.72. The van der Waals surface area contributed by atoms with Crippen molar-refractivity contribution in [1.82, 2.24) is 20.5 Å². The van der Waals surface area contributed by atoms with Crippen molar-refractivity contribution < 1.29 is 13.2 Å². The van der Waals surface area contributed by atoms with Crippen LogP contribution in [0, 0.1) is 0 Å². The van der Waals surface area contributed by atoms with Crippen LogP contribution in [-0.2, 0) is 6.18 Å². The first kappa shape index (κ1) is 16.8. The second-order valence-electron chi connectivity index (χ2n) is 5.16. The molecule has 0 spiro atoms. The fraction of sp³-hybridized carbons (Fsp3) is 0.429. The van der Waals surface area contributed by atoms with E-state index in [9.17, 15) is 13.2 Å². The van der Waals surface area contributed by atoms with Crippen LogP contribution in [0.2, 0.25) is 0 Å². The average Bonchev–Trinajstić information content (AvgIpc) is 2.97. The van der Waals surface area contributed by atoms with Gasteiger partial charge < -0.3 is 10.3 Å². The van der Waals surface area contributed by atoms with E-state index in [1.807, 2.05) is 0 Å². The van der Waals surface area contributed by atoms with Crippen LogP contribution in [0.5, 0.6) is 0 Å². The number of hydrogen-bond acceptors (Lipinski definition) is 3. The first-order valence-electron chi connectivity index (χ1n) is 6.85. The quantitative estimate of drug-likeness (QED) is 0.886. The minimum Gasteiger partial charge on any atom is -0.325 e. The van der Waals surface area contributed by atoms with E-state index in [-0.39, 0.29) is 12.4 Å². The number of rotatable bonds is 2. The normalized spacial score (nSPS) is 16.3. The van der Waals surface area contributed by atoms with Gasteiger partial charge in [-0.1, -0.05) is 12.1 Å². The standard InChI is InChI=1S/C14H15F3N4.ClH/c15-14(16,17)11-3-1-9(2-4-11)12-19-13(21-20-12)10-5-7-18-8-6-10;/h1-4,10,18H,5-8H2,(H,19,20,21);1H. The molecule has 0 radical (unpaired) electrons. The van der Waals surface area contributed by atoms with E-state index in [1.165, 1.54) is 12.1 Å². The summed E-state index contributed by atoms with van der Waals surface area (Å²) in [6.07, 6.45) is -2.34. The number of hydrogen-bond donors (Lipinski definition) is 2. The van der Waals surface area contributed by atoms with Gasteiger partial charge in [0.05, 0.1) is 5.56 Å². The summed E-state index contributed by atoms with van der Waals surface area (Å²) in [5.74, 6) is 1.66. The van der Waals surface area contributed by atoms with Crippen molar-refractivity contribution in [2.45, 2.75) is 24.9 Å². The molecule has 0 bridgehead atoms. The summed E-state index contributed by atoms with van der Waals surface area (Å²) in [4.78, 5) is 3.13. The Kier molecular flexibility index (Phi) is 5.08. The van der Waals surface area contributed by atoms with Gasteiger partial charge in [0.25, 0.3) is 0 Å². The predicted molar refractivity (Wildman–Crippen MR) is 78.9 cm³/mol. The summed E-state index contributed by atoms with van der Waals surface area (Å²) in [5, 5.41) is 11.5. The predicted octanol–water partition coefficient (Wildman–Crippen LogP) is 3.38. The summed E-state index contributed by atoms with van der Waals surface area (Å²) in [5.41, 5.74) is -0.0555. The number of H-pyrrole nitrogens is 1. The van der Waals surface area contributed by atoms with Crippen LogP contribution in [-0.4, -0.2) is 28.3 Å². The van der Waals surface area contributed by atoms with Crippen LogP contribution in [0.4, 0.5) is 13.2 Å². The molecular weight excluding hydrogens is 317 g/mol. The number of aromatic nitrogens is 3. The largest absolute Gasteiger partial charge is 0.416 e. The number of piperidine rings is 1. The molecule has 120 valence electrons. The average molecular weight is 333 g/mol. The van der Waals surface area contributed by atoms with E-state index < -0.39 is 11.7 Å². The SMILES string of the molecule is Cl.FC(F)(F)c1ccc(-c2nnc(C3CCNCC3)[nH]2)cc1. The number of alkyl halides is 3. The van der Waals surface area contributed by atoms with Crippen molar-refractivity contribution in [2.75, 3.05) is 13.1 Å². The minimum absolute atomic E-state index is 0. The molecule has 4 nitrogen and oxygen atoms in total. The van der Waals surface area contributed by atoms with Gasteiger partial charge in [0.2, 0.25) is 0 Å². The molecular formula is C14H16ClF3N4. The number of halogens is 4. The van der Waals surface area contributed by atoms with E-state index in [2.05, 4.69) is 20.5 Å². The Morgan fingerprint density at radius 3 is 2.23 bits per heavy atom. The zero-order chi connectivity index (χ0) is 14.9. The first-order chi connectivity index (χ1) is 10.0. The smallest absolute Gasteiger partial charge is 0.325 e. The van der Waals surface area contributed by atoms with Gasteiger partial charge in [0, 0.05) is 11.5 Å². The van der Waals surface area contributed by atoms with Gasteiger partial charge in [-0.15, -0.1) is 22.6 Å². The molecule has 0 amide bonds. The van der Waals surface area contributed by atoms with Crippen LogP contribution in [0.25, 0.3) is 11.4 Å². The summed E-state index contributed by atoms with van der Waals surface area (Å²) in [7, 11) is 0. The van der Waals surface area contributed by atoms with E-state index in [0.29, 0.717) is 17.3 Å². The molecule has 2 aromatic rings. The molecule has 0 atom stereocenters. The van der Waals surface area contributed by atoms with Gasteiger partial charge in [-0.2, -0.15) is 13.2 Å². The third-order valence-electron chi connectivity index (χ3n) is 3.72. The highest BCUT2D eigenvalue weighted by molar-refractivity contribution is 5.85. The Labute approximate surface area is 131 Å². The molecule has 0 saturated carbocycles. The van der Waals surface area contributed by atoms with E-state index >= 15 is 0 Å². The molecule has 1 aliphatic rings. The van der Waals surface area contributed by atoms with Crippen molar-refractivity contribution in [1.29, 1.82) is 0 Å². The number of nitrogens with one attached hydrogen (secondary N) is 2. The van der Waals surface area contributed by atoms with Gasteiger partial charge in [-0.05, 0) is 38.1 Å². The van der Waals surface area contributed by atoms with Crippen LogP contribution >= 0.6 is 12.4 Å². The number of aromatic amines is 1. The van der Waals surface area contributed by atoms with Crippen LogP contribution in [0.1, 0.15) is 30.1 Å². The highest BCUT2D eigenvalue weighted by Crippen LogP contribution is 2.30. The van der Waals surface area contributed by atoms with Crippen LogP contribution in [0.3, 0.4) is 0 Å². The highest BCUT2D eigenvalue weighted by atomic mass is 35.5. The molecule has 22 heavy (non-hydrogen) atoms. The van der Waals surface area contributed by atoms with Crippen LogP contribution < -0.4 is 5.32 Å². The second-order valence-corrected chi connectivity index (χ2v) is 5.16. The molecule has 3 rings (SSSR count). The maximum absolute atomic E-state index is 12.5. The molecule has 8 heteroatoms. The van der Waals surface area contributed by atoms with Crippen molar-refractivity contribution >= 4 is 12.4 Å². The van der Waals surface area contributed by atoms with Gasteiger partial charge in [0.15, 0.2) is 5.82 Å². The Morgan fingerprint density at radius 1 is 1.00 bits per heavy atom. The monoisotopic (exact) mass is 332 g/mol. The molecule has 1 aromatic heterocycles. The fourth-order valence-corrected chi connectivity index (χ4v) is 2.50. The zero-order valence-corrected chi connectivity index (χ0v) is 12.5. The first-order valence-corrected chi connectivity index (χ1v) is 6.85. The molecule has 2 N–H and O–H groups in total. The lowest BCUT2D eigenvalue weighted by molar-refractivity contribution is -0.137. The third kappa shape index (κ3) is 3.59. The molecule has 1 fully saturated rings. The summed E-state index contributed by atoms with van der Waals surface area (Å²) < 4.78 is 37.6. The lowest BCUT2D eigenvalue weighted by Crippen LogP contribution is -2.27. The van der Waals surface area contributed by atoms with Gasteiger partial charge in [-0.3, -0.25) is 0 Å². The molecule has 1 aromatic carbocycles. The summed E-state index contributed by atoms with van der Waals surface area (Å²) >= 11 is 0. The maximum Gasteiger partial charge on any atom is 0.416 e. The highest BCUT2D eigenvalue weighted by Gasteiger charge is 2.30. The molecule has 1 saturated heterocycles. The van der Waals surface area contributed by atoms with Crippen molar-refractivity contribution in [3.8, 4) is 11.4 Å². The molecule has 0 unspecified atom stereocenters. The van der Waals surface area contributed by atoms with Crippen LogP contribution in [0.15, 0.2) is 24.3 Å². The topological polar surface area (TPSA) is 53.6 Å². The second kappa shape index (κ2) is 6.66. The zero-order valence-electron chi connectivity index (χ0n) is 11.7. The number of nitrogens with zero attached hydrogens (tertiary/aromatic N) is 2. The Bertz CT molecular complexity index is 603. The molecule has 2 heterocycles. The fourth-order valence-electron chi connectivity index (χ4n) is 2.50. The lowest BCUT2D eigenvalue weighted by Gasteiger charge is -2.19. The van der Waals surface area contributed by atoms with Gasteiger partial charge in [-0.25, -0.2) is 0 Å². The van der Waals surface area contributed by atoms with E-state index in [1.54, 1.807) is 0 Å². The lowest BCUT2D eigenvalue weighted by atomic mass is 9.98.